The van der Waals surface area contributed by atoms with Crippen LogP contribution in [0.3, 0.4) is 0 Å². The second-order valence-corrected chi connectivity index (χ2v) is 7.40. The van der Waals surface area contributed by atoms with E-state index in [0.29, 0.717) is 41.7 Å². The Hall–Kier alpha value is -4.07. The third-order valence-corrected chi connectivity index (χ3v) is 5.30. The first-order valence-electron chi connectivity index (χ1n) is 10.2. The van der Waals surface area contributed by atoms with Crippen LogP contribution in [0.5, 0.6) is 11.5 Å². The topological polar surface area (TPSA) is 92.8 Å². The Kier molecular flexibility index (Phi) is 6.21. The zero-order valence-corrected chi connectivity index (χ0v) is 17.9. The summed E-state index contributed by atoms with van der Waals surface area (Å²) in [6.07, 6.45) is 2.02. The quantitative estimate of drug-likeness (QED) is 0.607. The lowest BCUT2D eigenvalue weighted by Crippen LogP contribution is -2.25. The molecule has 1 aliphatic rings. The maximum absolute atomic E-state index is 12.6. The first kappa shape index (κ1) is 21.2. The molecule has 0 radical (unpaired) electrons. The number of carbonyl (C=O) groups excluding carboxylic acids is 2. The molecule has 0 aliphatic carbocycles. The van der Waals surface area contributed by atoms with Crippen LogP contribution in [0.15, 0.2) is 66.9 Å². The van der Waals surface area contributed by atoms with E-state index in [9.17, 15) is 9.59 Å². The van der Waals surface area contributed by atoms with Crippen molar-refractivity contribution in [1.82, 2.24) is 4.98 Å². The number of ether oxygens (including phenoxy) is 2. The van der Waals surface area contributed by atoms with Gasteiger partial charge in [-0.1, -0.05) is 30.3 Å². The second kappa shape index (κ2) is 9.38. The lowest BCUT2D eigenvalue weighted by Gasteiger charge is -2.18. The molecule has 1 fully saturated rings. The van der Waals surface area contributed by atoms with Crippen molar-refractivity contribution >= 4 is 29.1 Å². The number of nitrogens with zero attached hydrogens (tertiary/aromatic N) is 2. The molecule has 0 saturated carbocycles. The van der Waals surface area contributed by atoms with E-state index in [4.69, 9.17) is 9.47 Å². The maximum Gasteiger partial charge on any atom is 0.324 e. The van der Waals surface area contributed by atoms with Gasteiger partial charge in [0, 0.05) is 60.7 Å². The molecule has 32 heavy (non-hydrogen) atoms. The van der Waals surface area contributed by atoms with E-state index in [1.807, 2.05) is 30.3 Å². The monoisotopic (exact) mass is 432 g/mol. The van der Waals surface area contributed by atoms with Gasteiger partial charge >= 0.3 is 6.03 Å². The molecule has 2 heterocycles. The summed E-state index contributed by atoms with van der Waals surface area (Å²) >= 11 is 0. The summed E-state index contributed by atoms with van der Waals surface area (Å²) in [5, 5.41) is 5.44. The minimum Gasteiger partial charge on any atom is -0.497 e. The maximum atomic E-state index is 12.6. The highest BCUT2D eigenvalue weighted by atomic mass is 16.5. The molecule has 8 heteroatoms. The summed E-state index contributed by atoms with van der Waals surface area (Å²) < 4.78 is 10.4. The third-order valence-electron chi connectivity index (χ3n) is 5.30. The van der Waals surface area contributed by atoms with Gasteiger partial charge in [-0.15, -0.1) is 0 Å². The first-order valence-corrected chi connectivity index (χ1v) is 10.2. The zero-order chi connectivity index (χ0) is 22.5. The molecule has 8 nitrogen and oxygen atoms in total. The van der Waals surface area contributed by atoms with Crippen molar-refractivity contribution in [3.8, 4) is 11.5 Å². The van der Waals surface area contributed by atoms with Crippen LogP contribution in [0.2, 0.25) is 0 Å². The summed E-state index contributed by atoms with van der Waals surface area (Å²) in [6.45, 7) is 0.585. The van der Waals surface area contributed by atoms with Crippen LogP contribution in [-0.2, 0) is 4.79 Å². The van der Waals surface area contributed by atoms with E-state index < -0.39 is 6.03 Å². The van der Waals surface area contributed by atoms with Gasteiger partial charge in [-0.2, -0.15) is 0 Å². The summed E-state index contributed by atoms with van der Waals surface area (Å²) in [7, 11) is 3.08. The molecule has 1 saturated heterocycles. The number of hydrogen-bond donors (Lipinski definition) is 2. The van der Waals surface area contributed by atoms with Crippen LogP contribution in [0.1, 0.15) is 17.9 Å². The molecule has 4 rings (SSSR count). The SMILES string of the molecule is COc1cc(NC(=O)Nc2cc(N3CC(c4ccccc4)CC3=O)ccn2)cc(OC)c1. The molecular formula is C24H24N4O4. The molecule has 3 amide bonds. The van der Waals surface area contributed by atoms with Crippen molar-refractivity contribution in [2.75, 3.05) is 36.3 Å². The van der Waals surface area contributed by atoms with E-state index in [1.165, 1.54) is 14.2 Å². The lowest BCUT2D eigenvalue weighted by molar-refractivity contribution is -0.117. The lowest BCUT2D eigenvalue weighted by atomic mass is 9.99. The Morgan fingerprint density at radius 1 is 1.00 bits per heavy atom. The Balaban J connectivity index is 1.44. The highest BCUT2D eigenvalue weighted by Crippen LogP contribution is 2.32. The predicted molar refractivity (Wildman–Crippen MR) is 123 cm³/mol. The normalized spacial score (nSPS) is 15.4. The number of carbonyl (C=O) groups is 2. The fourth-order valence-corrected chi connectivity index (χ4v) is 3.72. The van der Waals surface area contributed by atoms with Crippen molar-refractivity contribution in [3.63, 3.8) is 0 Å². The molecule has 1 aliphatic heterocycles. The third kappa shape index (κ3) is 4.80. The van der Waals surface area contributed by atoms with Crippen LogP contribution < -0.4 is 25.0 Å². The molecule has 1 unspecified atom stereocenters. The van der Waals surface area contributed by atoms with E-state index in [0.717, 1.165) is 5.56 Å². The number of nitrogens with one attached hydrogen (secondary N) is 2. The molecule has 3 aromatic rings. The molecule has 0 spiro atoms. The van der Waals surface area contributed by atoms with Crippen molar-refractivity contribution in [2.45, 2.75) is 12.3 Å². The van der Waals surface area contributed by atoms with Gasteiger partial charge in [0.2, 0.25) is 5.91 Å². The molecule has 164 valence electrons. The van der Waals surface area contributed by atoms with Crippen molar-refractivity contribution < 1.29 is 19.1 Å². The van der Waals surface area contributed by atoms with Crippen LogP contribution in [0.4, 0.5) is 22.0 Å². The first-order chi connectivity index (χ1) is 15.6. The van der Waals surface area contributed by atoms with Gasteiger partial charge in [0.05, 0.1) is 14.2 Å². The Morgan fingerprint density at radius 2 is 1.72 bits per heavy atom. The predicted octanol–water partition coefficient (Wildman–Crippen LogP) is 4.26. The fraction of sp³-hybridized carbons (Fsp3) is 0.208. The number of rotatable bonds is 6. The van der Waals surface area contributed by atoms with E-state index >= 15 is 0 Å². The van der Waals surface area contributed by atoms with Crippen LogP contribution in [-0.4, -0.2) is 37.7 Å². The van der Waals surface area contributed by atoms with E-state index in [1.54, 1.807) is 41.4 Å². The number of benzene rings is 2. The van der Waals surface area contributed by atoms with Crippen molar-refractivity contribution in [2.24, 2.45) is 0 Å². The highest BCUT2D eigenvalue weighted by molar-refractivity contribution is 6.00. The van der Waals surface area contributed by atoms with Crippen LogP contribution in [0, 0.1) is 0 Å². The summed E-state index contributed by atoms with van der Waals surface area (Å²) in [5.74, 6) is 1.63. The smallest absolute Gasteiger partial charge is 0.324 e. The van der Waals surface area contributed by atoms with Crippen molar-refractivity contribution in [3.05, 3.63) is 72.4 Å². The minimum atomic E-state index is -0.472. The largest absolute Gasteiger partial charge is 0.497 e. The van der Waals surface area contributed by atoms with Gasteiger partial charge in [-0.05, 0) is 11.6 Å². The molecule has 2 N–H and O–H groups in total. The molecule has 1 aromatic heterocycles. The summed E-state index contributed by atoms with van der Waals surface area (Å²) in [5.41, 5.74) is 2.35. The van der Waals surface area contributed by atoms with Gasteiger partial charge in [0.25, 0.3) is 0 Å². The number of amides is 3. The molecule has 1 atom stereocenters. The number of methoxy groups -OCH3 is 2. The number of pyridine rings is 1. The van der Waals surface area contributed by atoms with Gasteiger partial charge < -0.3 is 19.7 Å². The van der Waals surface area contributed by atoms with Gasteiger partial charge in [-0.25, -0.2) is 9.78 Å². The molecule has 0 bridgehead atoms. The van der Waals surface area contributed by atoms with Gasteiger partial charge in [-0.3, -0.25) is 10.1 Å². The van der Waals surface area contributed by atoms with Crippen LogP contribution >= 0.6 is 0 Å². The van der Waals surface area contributed by atoms with E-state index in [-0.39, 0.29) is 11.8 Å². The Bertz CT molecular complexity index is 1100. The minimum absolute atomic E-state index is 0.0453. The molecular weight excluding hydrogens is 408 g/mol. The zero-order valence-electron chi connectivity index (χ0n) is 17.9. The van der Waals surface area contributed by atoms with E-state index in [2.05, 4.69) is 15.6 Å². The Labute approximate surface area is 186 Å². The average molecular weight is 432 g/mol. The number of hydrogen-bond acceptors (Lipinski definition) is 5. The van der Waals surface area contributed by atoms with Gasteiger partial charge in [0.1, 0.15) is 17.3 Å². The van der Waals surface area contributed by atoms with Crippen LogP contribution in [0.25, 0.3) is 0 Å². The van der Waals surface area contributed by atoms with Gasteiger partial charge in [0.15, 0.2) is 0 Å². The highest BCUT2D eigenvalue weighted by Gasteiger charge is 2.31. The Morgan fingerprint density at radius 3 is 2.41 bits per heavy atom. The molecule has 2 aromatic carbocycles. The number of urea groups is 1. The number of aromatic nitrogens is 1. The second-order valence-electron chi connectivity index (χ2n) is 7.40. The fourth-order valence-electron chi connectivity index (χ4n) is 3.72. The average Bonchev–Trinajstić information content (AvgIpc) is 3.21. The van der Waals surface area contributed by atoms with Crippen molar-refractivity contribution in [1.29, 1.82) is 0 Å². The number of anilines is 3. The summed E-state index contributed by atoms with van der Waals surface area (Å²) in [4.78, 5) is 31.1. The summed E-state index contributed by atoms with van der Waals surface area (Å²) in [6, 6.07) is 18.1. The standard InChI is InChI=1S/C24H24N4O4/c1-31-20-11-18(12-21(14-20)32-2)26-24(30)27-22-13-19(8-9-25-22)28-15-17(10-23(28)29)16-6-4-3-5-7-16/h3-9,11-14,17H,10,15H2,1-2H3,(H2,25,26,27,30).